The van der Waals surface area contributed by atoms with E-state index >= 15 is 0 Å². The number of nitrogens with zero attached hydrogens (tertiary/aromatic N) is 4. The monoisotopic (exact) mass is 1040 g/mol. The Kier molecular flexibility index (Phi) is 21.5. The van der Waals surface area contributed by atoms with Crippen LogP contribution in [0.2, 0.25) is 0 Å². The number of hydrogen-bond donors (Lipinski definition) is 0. The fourth-order valence-electron chi connectivity index (χ4n) is 9.39. The van der Waals surface area contributed by atoms with Crippen molar-refractivity contribution < 1.29 is 20.5 Å². The number of benzene rings is 4. The van der Waals surface area contributed by atoms with Crippen molar-refractivity contribution in [2.75, 3.05) is 9.80 Å². The average Bonchev–Trinajstić information content (AvgIpc) is 3.92. The Morgan fingerprint density at radius 1 is 0.471 bits per heavy atom. The molecule has 0 aliphatic carbocycles. The van der Waals surface area contributed by atoms with Gasteiger partial charge in [0.2, 0.25) is 0 Å². The van der Waals surface area contributed by atoms with E-state index in [0.717, 1.165) is 11.6 Å². The third-order valence-corrected chi connectivity index (χ3v) is 12.8. The Bertz CT molecular complexity index is 2290. The zero-order valence-electron chi connectivity index (χ0n) is 43.9. The van der Waals surface area contributed by atoms with Gasteiger partial charge in [-0.05, 0) is 75.7 Å². The van der Waals surface area contributed by atoms with Crippen molar-refractivity contribution in [1.29, 1.82) is 0 Å². The normalized spacial score (nSPS) is 13.0. The summed E-state index contributed by atoms with van der Waals surface area (Å²) < 4.78 is 4.90. The van der Waals surface area contributed by atoms with Crippen LogP contribution >= 0.6 is 19.1 Å². The Morgan fingerprint density at radius 3 is 1.10 bits per heavy atom. The average molecular weight is 1050 g/mol. The molecule has 1 aliphatic rings. The van der Waals surface area contributed by atoms with Crippen LogP contribution in [-0.4, -0.2) is 4.57 Å². The minimum atomic E-state index is -0.106. The second-order valence-electron chi connectivity index (χ2n) is 20.1. The number of anilines is 2. The fourth-order valence-corrected chi connectivity index (χ4v) is 9.39. The molecule has 0 saturated carbocycles. The molecule has 1 aromatic heterocycles. The number of rotatable bonds is 15. The molecule has 7 heteroatoms. The third kappa shape index (κ3) is 12.7. The van der Waals surface area contributed by atoms with Crippen LogP contribution in [-0.2, 0) is 15.9 Å². The van der Waals surface area contributed by atoms with Gasteiger partial charge in [-0.3, -0.25) is 6.58 Å². The Morgan fingerprint density at radius 2 is 0.779 bits per heavy atom. The van der Waals surface area contributed by atoms with Gasteiger partial charge in [-0.2, -0.15) is 9.13 Å². The van der Waals surface area contributed by atoms with Crippen LogP contribution in [0, 0.1) is 6.58 Å². The van der Waals surface area contributed by atoms with Gasteiger partial charge in [0.15, 0.2) is 0 Å². The van der Waals surface area contributed by atoms with Gasteiger partial charge in [0.1, 0.15) is 29.6 Å². The van der Waals surface area contributed by atoms with Gasteiger partial charge in [0.05, 0.1) is 11.4 Å². The van der Waals surface area contributed by atoms with E-state index in [0.29, 0.717) is 47.3 Å². The van der Waals surface area contributed by atoms with Crippen LogP contribution in [0.1, 0.15) is 208 Å². The van der Waals surface area contributed by atoms with E-state index in [4.69, 9.17) is 19.1 Å². The third-order valence-electron chi connectivity index (χ3n) is 12.8. The molecule has 4 nitrogen and oxygen atoms in total. The first-order valence-electron chi connectivity index (χ1n) is 24.6. The molecule has 0 radical (unpaired) electrons. The molecule has 0 N–H and O–H groups in total. The van der Waals surface area contributed by atoms with E-state index in [-0.39, 0.29) is 15.9 Å². The van der Waals surface area contributed by atoms with Crippen molar-refractivity contribution in [1.82, 2.24) is 4.57 Å². The maximum atomic E-state index is 4.81. The van der Waals surface area contributed by atoms with Gasteiger partial charge in [0.25, 0.3) is 5.82 Å². The van der Waals surface area contributed by atoms with Gasteiger partial charge >= 0.3 is 35.0 Å². The summed E-state index contributed by atoms with van der Waals surface area (Å²) in [6.45, 7) is 44.0. The molecule has 0 saturated heterocycles. The maximum absolute atomic E-state index is 4.81. The second-order valence-corrected chi connectivity index (χ2v) is 22.5. The number of allylic oxidation sites excluding steroid dienone is 4. The van der Waals surface area contributed by atoms with Crippen molar-refractivity contribution in [2.24, 2.45) is 0 Å². The SMILES string of the molecule is CC(C)c1cccc(C(C)C)c1N1C=CN(c2c(C(C)C)cccc2C(C)C)C1=C/C=C/C=C/c1n(-c2c(C(C)C)cccc2C(C)C)cc[n+]1-c1c(C(C)C)cccc1C(C)C.[CH-]=C.[Cl][Pd][Cl]. The van der Waals surface area contributed by atoms with E-state index in [9.17, 15) is 0 Å². The summed E-state index contributed by atoms with van der Waals surface area (Å²) in [6.07, 6.45) is 20.5. The summed E-state index contributed by atoms with van der Waals surface area (Å²) in [5.41, 5.74) is 16.0. The van der Waals surface area contributed by atoms with E-state index < -0.39 is 0 Å². The van der Waals surface area contributed by atoms with Gasteiger partial charge in [-0.25, -0.2) is 0 Å². The zero-order chi connectivity index (χ0) is 50.6. The number of imidazole rings is 1. The second kappa shape index (κ2) is 26.0. The molecule has 0 fully saturated rings. The van der Waals surface area contributed by atoms with Gasteiger partial charge in [-0.1, -0.05) is 202 Å². The molecule has 0 unspecified atom stereocenters. The summed E-state index contributed by atoms with van der Waals surface area (Å²) >= 11 is -0.106. The van der Waals surface area contributed by atoms with Gasteiger partial charge < -0.3 is 16.4 Å². The van der Waals surface area contributed by atoms with Crippen molar-refractivity contribution >= 4 is 36.5 Å². The number of halogens is 2. The van der Waals surface area contributed by atoms with Crippen LogP contribution < -0.4 is 14.4 Å². The first-order chi connectivity index (χ1) is 32.4. The van der Waals surface area contributed by atoms with Gasteiger partial charge in [-0.15, -0.1) is 0 Å². The minimum absolute atomic E-state index is 0.106. The first kappa shape index (κ1) is 56.2. The van der Waals surface area contributed by atoms with E-state index in [1.807, 2.05) is 0 Å². The first-order valence-corrected chi connectivity index (χ1v) is 28.6. The van der Waals surface area contributed by atoms with Crippen molar-refractivity contribution in [3.8, 4) is 11.4 Å². The fraction of sp³-hybridized carbons (Fsp3) is 0.393. The summed E-state index contributed by atoms with van der Waals surface area (Å²) in [7, 11) is 9.63. The molecule has 4 aromatic carbocycles. The molecule has 0 amide bonds. The molecule has 6 rings (SSSR count). The zero-order valence-corrected chi connectivity index (χ0v) is 47.0. The standard InChI is InChI=1S/C59H77N4.C2H3.2ClH.Pd/c1-38(2)46-24-20-25-47(39(3)4)56(46)60-34-35-61(57-48(40(5)6)26-21-27-49(57)41(7)8)54(60)32-18-17-19-33-55-62(58-50(42(9)10)28-22-29-51(58)43(11)12)36-37-63(55)59-52(44(13)14)30-23-31-53(59)45(15)16;1-2;;;/h17-45H,1-16H3;1H,2H2;2*1H;/q+1;-1;;;+2/p-2. The predicted molar refractivity (Wildman–Crippen MR) is 295 cm³/mol. The van der Waals surface area contributed by atoms with Crippen LogP contribution in [0.15, 0.2) is 134 Å². The molecular formula is C61H80Cl2N4Pd. The summed E-state index contributed by atoms with van der Waals surface area (Å²) in [5, 5.41) is 0. The molecule has 0 spiro atoms. The summed E-state index contributed by atoms with van der Waals surface area (Å²) in [5.74, 6) is 5.20. The van der Waals surface area contributed by atoms with Gasteiger partial charge in [0, 0.05) is 40.7 Å². The molecule has 5 aromatic rings. The van der Waals surface area contributed by atoms with E-state index in [2.05, 4.69) is 271 Å². The molecule has 1 aliphatic heterocycles. The molecule has 368 valence electrons. The summed E-state index contributed by atoms with van der Waals surface area (Å²) in [6, 6.07) is 27.5. The van der Waals surface area contributed by atoms with Crippen molar-refractivity contribution in [3.05, 3.63) is 191 Å². The van der Waals surface area contributed by atoms with E-state index in [1.54, 1.807) is 0 Å². The summed E-state index contributed by atoms with van der Waals surface area (Å²) in [4.78, 5) is 4.90. The molecule has 68 heavy (non-hydrogen) atoms. The Hall–Kier alpha value is -4.37. The van der Waals surface area contributed by atoms with Crippen LogP contribution in [0.3, 0.4) is 0 Å². The van der Waals surface area contributed by atoms with Crippen molar-refractivity contribution in [2.45, 2.75) is 158 Å². The van der Waals surface area contributed by atoms with Crippen molar-refractivity contribution in [3.63, 3.8) is 0 Å². The van der Waals surface area contributed by atoms with Crippen LogP contribution in [0.25, 0.3) is 17.5 Å². The number of para-hydroxylation sites is 4. The molecule has 0 bridgehead atoms. The van der Waals surface area contributed by atoms with Crippen LogP contribution in [0.4, 0.5) is 11.4 Å². The predicted octanol–water partition coefficient (Wildman–Crippen LogP) is 18.6. The quantitative estimate of drug-likeness (QED) is 0.0449. The van der Waals surface area contributed by atoms with Crippen LogP contribution in [0.5, 0.6) is 0 Å². The number of hydrogen-bond acceptors (Lipinski definition) is 2. The topological polar surface area (TPSA) is 15.3 Å². The Balaban J connectivity index is 0.00000194. The number of aromatic nitrogens is 2. The van der Waals surface area contributed by atoms with E-state index in [1.165, 1.54) is 67.3 Å². The molecule has 2 heterocycles. The molecular weight excluding hydrogens is 966 g/mol. The Labute approximate surface area is 429 Å². The molecule has 0 atom stereocenters.